The summed E-state index contributed by atoms with van der Waals surface area (Å²) in [7, 11) is 0. The van der Waals surface area contributed by atoms with E-state index in [9.17, 15) is 14.4 Å². The monoisotopic (exact) mass is 487 g/mol. The molecule has 3 aromatic carbocycles. The zero-order valence-electron chi connectivity index (χ0n) is 18.6. The van der Waals surface area contributed by atoms with Gasteiger partial charge in [0.2, 0.25) is 0 Å². The molecule has 0 aliphatic carbocycles. The van der Waals surface area contributed by atoms with Crippen LogP contribution >= 0.6 is 11.6 Å². The maximum Gasteiger partial charge on any atom is 0.321 e. The first kappa shape index (κ1) is 22.5. The smallest absolute Gasteiger partial charge is 0.321 e. The Balaban J connectivity index is 1.30. The Morgan fingerprint density at radius 1 is 0.886 bits per heavy atom. The zero-order valence-corrected chi connectivity index (χ0v) is 19.4. The van der Waals surface area contributed by atoms with Gasteiger partial charge in [-0.05, 0) is 55.0 Å². The van der Waals surface area contributed by atoms with Crippen molar-refractivity contribution in [3.63, 3.8) is 0 Å². The van der Waals surface area contributed by atoms with Gasteiger partial charge in [-0.3, -0.25) is 14.5 Å². The second kappa shape index (κ2) is 9.52. The van der Waals surface area contributed by atoms with Crippen molar-refractivity contribution in [1.29, 1.82) is 0 Å². The largest absolute Gasteiger partial charge is 0.360 e. The lowest BCUT2D eigenvalue weighted by Crippen LogP contribution is -2.46. The molecule has 5 rings (SSSR count). The first-order valence-electron chi connectivity index (χ1n) is 11.1. The Labute approximate surface area is 206 Å². The number of hydrogen-bond acceptors (Lipinski definition) is 3. The summed E-state index contributed by atoms with van der Waals surface area (Å²) in [6.45, 7) is 1.30. The molecular formula is C26H22ClN5O3. The normalized spacial score (nSPS) is 13.4. The van der Waals surface area contributed by atoms with E-state index >= 15 is 0 Å². The number of fused-ring (bicyclic) bond motifs is 1. The van der Waals surface area contributed by atoms with Crippen LogP contribution in [-0.2, 0) is 0 Å². The van der Waals surface area contributed by atoms with Crippen LogP contribution in [0.4, 0.5) is 21.9 Å². The minimum absolute atomic E-state index is 0.142. The van der Waals surface area contributed by atoms with E-state index in [0.29, 0.717) is 40.6 Å². The third-order valence-electron chi connectivity index (χ3n) is 5.84. The molecule has 0 atom stereocenters. The molecule has 176 valence electrons. The van der Waals surface area contributed by atoms with Crippen molar-refractivity contribution in [2.75, 3.05) is 28.6 Å². The van der Waals surface area contributed by atoms with E-state index in [2.05, 4.69) is 20.9 Å². The number of para-hydroxylation sites is 2. The Hall–Kier alpha value is -4.30. The molecule has 4 N–H and O–H groups in total. The quantitative estimate of drug-likeness (QED) is 0.309. The van der Waals surface area contributed by atoms with Crippen molar-refractivity contribution < 1.29 is 14.4 Å². The number of carbonyl (C=O) groups is 3. The fourth-order valence-electron chi connectivity index (χ4n) is 3.99. The lowest BCUT2D eigenvalue weighted by atomic mass is 10.1. The zero-order chi connectivity index (χ0) is 24.4. The number of hydrogen-bond donors (Lipinski definition) is 4. The summed E-state index contributed by atoms with van der Waals surface area (Å²) in [5, 5.41) is 9.95. The summed E-state index contributed by atoms with van der Waals surface area (Å²) >= 11 is 6.12. The van der Waals surface area contributed by atoms with Crippen LogP contribution in [0, 0.1) is 0 Å². The summed E-state index contributed by atoms with van der Waals surface area (Å²) in [5.41, 5.74) is 3.31. The first-order valence-corrected chi connectivity index (χ1v) is 11.5. The number of benzene rings is 3. The molecule has 1 aliphatic rings. The minimum Gasteiger partial charge on any atom is -0.360 e. The number of carbonyl (C=O) groups excluding carboxylic acids is 3. The molecule has 1 aliphatic heterocycles. The predicted octanol–water partition coefficient (Wildman–Crippen LogP) is 5.25. The maximum atomic E-state index is 12.9. The van der Waals surface area contributed by atoms with Gasteiger partial charge in [0.1, 0.15) is 0 Å². The molecule has 1 fully saturated rings. The van der Waals surface area contributed by atoms with Crippen LogP contribution in [-0.4, -0.2) is 35.9 Å². The van der Waals surface area contributed by atoms with Gasteiger partial charge < -0.3 is 20.9 Å². The molecule has 2 heterocycles. The number of urea groups is 1. The molecular weight excluding hydrogens is 466 g/mol. The second-order valence-corrected chi connectivity index (χ2v) is 8.54. The van der Waals surface area contributed by atoms with Crippen LogP contribution in [0.3, 0.4) is 0 Å². The molecule has 8 nitrogen and oxygen atoms in total. The first-order chi connectivity index (χ1) is 17.0. The van der Waals surface area contributed by atoms with Crippen molar-refractivity contribution in [2.45, 2.75) is 6.42 Å². The fraction of sp³-hybridized carbons (Fsp3) is 0.115. The van der Waals surface area contributed by atoms with Gasteiger partial charge in [-0.2, -0.15) is 0 Å². The van der Waals surface area contributed by atoms with E-state index < -0.39 is 0 Å². The molecule has 0 saturated carbocycles. The van der Waals surface area contributed by atoms with Crippen molar-refractivity contribution in [1.82, 2.24) is 10.3 Å². The number of halogens is 1. The summed E-state index contributed by atoms with van der Waals surface area (Å²) in [6.07, 6.45) is 2.54. The third-order valence-corrected chi connectivity index (χ3v) is 6.15. The van der Waals surface area contributed by atoms with E-state index in [-0.39, 0.29) is 17.8 Å². The molecule has 1 saturated heterocycles. The average Bonchev–Trinajstić information content (AvgIpc) is 3.25. The number of nitrogens with zero attached hydrogens (tertiary/aromatic N) is 1. The van der Waals surface area contributed by atoms with E-state index in [4.69, 9.17) is 11.6 Å². The topological polar surface area (TPSA) is 106 Å². The van der Waals surface area contributed by atoms with Crippen LogP contribution in [0.2, 0.25) is 5.02 Å². The van der Waals surface area contributed by atoms with E-state index in [0.717, 1.165) is 23.0 Å². The lowest BCUT2D eigenvalue weighted by Gasteiger charge is -2.27. The van der Waals surface area contributed by atoms with Gasteiger partial charge >= 0.3 is 6.03 Å². The highest BCUT2D eigenvalue weighted by atomic mass is 35.5. The van der Waals surface area contributed by atoms with Crippen LogP contribution in [0.25, 0.3) is 10.9 Å². The average molecular weight is 488 g/mol. The molecule has 0 unspecified atom stereocenters. The molecule has 9 heteroatoms. The second-order valence-electron chi connectivity index (χ2n) is 8.13. The molecule has 4 aromatic rings. The molecule has 0 spiro atoms. The SMILES string of the molecule is O=C(Nc1ccccc1NC(=O)c1ccc2c(Cl)c[nH]c2c1)c1ccc(N2CCCNC2=O)cc1. The van der Waals surface area contributed by atoms with Crippen LogP contribution in [0.1, 0.15) is 27.1 Å². The van der Waals surface area contributed by atoms with Crippen molar-refractivity contribution in [2.24, 2.45) is 0 Å². The van der Waals surface area contributed by atoms with Gasteiger partial charge in [0, 0.05) is 47.0 Å². The molecule has 35 heavy (non-hydrogen) atoms. The number of nitrogens with one attached hydrogen (secondary N) is 4. The van der Waals surface area contributed by atoms with E-state index in [1.165, 1.54) is 0 Å². The van der Waals surface area contributed by atoms with Crippen LogP contribution in [0.15, 0.2) is 72.9 Å². The summed E-state index contributed by atoms with van der Waals surface area (Å²) in [6, 6.07) is 18.9. The van der Waals surface area contributed by atoms with Crippen molar-refractivity contribution in [3.05, 3.63) is 89.1 Å². The molecule has 0 radical (unpaired) electrons. The number of aromatic amines is 1. The molecule has 1 aromatic heterocycles. The van der Waals surface area contributed by atoms with Gasteiger partial charge in [0.05, 0.1) is 16.4 Å². The Kier molecular flexibility index (Phi) is 6.12. The summed E-state index contributed by atoms with van der Waals surface area (Å²) in [5.74, 6) is -0.646. The van der Waals surface area contributed by atoms with Crippen LogP contribution < -0.4 is 20.9 Å². The van der Waals surface area contributed by atoms with Gasteiger partial charge in [-0.15, -0.1) is 0 Å². The predicted molar refractivity (Wildman–Crippen MR) is 137 cm³/mol. The summed E-state index contributed by atoms with van der Waals surface area (Å²) < 4.78 is 0. The fourth-order valence-corrected chi connectivity index (χ4v) is 4.21. The number of amides is 4. The number of anilines is 3. The van der Waals surface area contributed by atoms with Gasteiger partial charge in [-0.1, -0.05) is 29.8 Å². The van der Waals surface area contributed by atoms with Gasteiger partial charge in [0.15, 0.2) is 0 Å². The Morgan fingerprint density at radius 2 is 1.54 bits per heavy atom. The van der Waals surface area contributed by atoms with E-state index in [1.807, 2.05) is 0 Å². The number of H-pyrrole nitrogens is 1. The molecule has 0 bridgehead atoms. The number of aromatic nitrogens is 1. The highest BCUT2D eigenvalue weighted by Gasteiger charge is 2.19. The third kappa shape index (κ3) is 4.69. The van der Waals surface area contributed by atoms with Crippen LogP contribution in [0.5, 0.6) is 0 Å². The Bertz CT molecular complexity index is 1430. The maximum absolute atomic E-state index is 12.9. The summed E-state index contributed by atoms with van der Waals surface area (Å²) in [4.78, 5) is 42.5. The molecule has 4 amide bonds. The highest BCUT2D eigenvalue weighted by Crippen LogP contribution is 2.26. The van der Waals surface area contributed by atoms with Gasteiger partial charge in [0.25, 0.3) is 11.8 Å². The van der Waals surface area contributed by atoms with Crippen molar-refractivity contribution >= 4 is 57.4 Å². The Morgan fingerprint density at radius 3 is 2.23 bits per heavy atom. The minimum atomic E-state index is -0.330. The highest BCUT2D eigenvalue weighted by molar-refractivity contribution is 6.35. The lowest BCUT2D eigenvalue weighted by molar-refractivity contribution is 0.101. The standard InChI is InChI=1S/C26H22ClN5O3/c27-20-15-29-23-14-17(8-11-19(20)23)25(34)31-22-5-2-1-4-21(22)30-24(33)16-6-9-18(10-7-16)32-13-3-12-28-26(32)35/h1-2,4-11,14-15,29H,3,12-13H2,(H,28,35)(H,30,33)(H,31,34). The van der Waals surface area contributed by atoms with Gasteiger partial charge in [-0.25, -0.2) is 4.79 Å². The van der Waals surface area contributed by atoms with Crippen molar-refractivity contribution in [3.8, 4) is 0 Å². The van der Waals surface area contributed by atoms with E-state index in [1.54, 1.807) is 77.8 Å². The number of rotatable bonds is 5.